The molecule has 0 saturated heterocycles. The number of Topliss-reactive ketones (excluding diaryl/α,β-unsaturated/α-hetero) is 1. The Morgan fingerprint density at radius 2 is 1.81 bits per heavy atom. The van der Waals surface area contributed by atoms with E-state index in [0.29, 0.717) is 22.4 Å². The molecule has 2 aliphatic carbocycles. The zero-order valence-electron chi connectivity index (χ0n) is 11.4. The van der Waals surface area contributed by atoms with Crippen LogP contribution in [0.2, 0.25) is 10.0 Å². The Balaban J connectivity index is 1.92. The second-order valence-corrected chi connectivity index (χ2v) is 6.67. The molecule has 21 heavy (non-hydrogen) atoms. The van der Waals surface area contributed by atoms with Crippen molar-refractivity contribution < 1.29 is 4.79 Å². The van der Waals surface area contributed by atoms with Gasteiger partial charge < -0.3 is 0 Å². The number of hydrogen-bond donors (Lipinski definition) is 0. The van der Waals surface area contributed by atoms with Gasteiger partial charge in [0.05, 0.1) is 22.6 Å². The number of hydrogen-bond acceptors (Lipinski definition) is 2. The van der Waals surface area contributed by atoms with Gasteiger partial charge in [0.15, 0.2) is 5.78 Å². The topological polar surface area (TPSA) is 34.9 Å². The van der Waals surface area contributed by atoms with Crippen molar-refractivity contribution in [2.24, 2.45) is 0 Å². The second kappa shape index (κ2) is 4.85. The lowest BCUT2D eigenvalue weighted by molar-refractivity contribution is 0.0971. The maximum atomic E-state index is 12.3. The molecule has 4 rings (SSSR count). The van der Waals surface area contributed by atoms with Crippen LogP contribution < -0.4 is 0 Å². The summed E-state index contributed by atoms with van der Waals surface area (Å²) in [5.74, 6) is 0.689. The fourth-order valence-corrected chi connectivity index (χ4v) is 3.58. The molecule has 1 fully saturated rings. The van der Waals surface area contributed by atoms with Crippen LogP contribution in [-0.4, -0.2) is 15.6 Å². The maximum absolute atomic E-state index is 12.3. The standard InChI is InChI=1S/C16H14Cl2N2O/c17-10-6-11(18)8-12(7-10)20-13-2-1-3-14(21)15(13)16(19-20)9-4-5-9/h6-9H,1-5H2. The van der Waals surface area contributed by atoms with Gasteiger partial charge in [-0.1, -0.05) is 23.2 Å². The fraction of sp³-hybridized carbons (Fsp3) is 0.375. The number of nitrogens with zero attached hydrogens (tertiary/aromatic N) is 2. The summed E-state index contributed by atoms with van der Waals surface area (Å²) >= 11 is 12.2. The lowest BCUT2D eigenvalue weighted by atomic mass is 9.93. The smallest absolute Gasteiger partial charge is 0.166 e. The molecule has 3 nitrogen and oxygen atoms in total. The summed E-state index contributed by atoms with van der Waals surface area (Å²) < 4.78 is 1.87. The number of halogens is 2. The Bertz CT molecular complexity index is 727. The van der Waals surface area contributed by atoms with Crippen molar-refractivity contribution >= 4 is 29.0 Å². The van der Waals surface area contributed by atoms with E-state index in [9.17, 15) is 4.79 Å². The summed E-state index contributed by atoms with van der Waals surface area (Å²) in [6.07, 6.45) is 4.66. The van der Waals surface area contributed by atoms with Gasteiger partial charge in [-0.25, -0.2) is 4.68 Å². The van der Waals surface area contributed by atoms with Crippen LogP contribution in [0.15, 0.2) is 18.2 Å². The summed E-state index contributed by atoms with van der Waals surface area (Å²) in [6, 6.07) is 5.39. The van der Waals surface area contributed by atoms with E-state index < -0.39 is 0 Å². The molecule has 2 aliphatic rings. The number of carbonyl (C=O) groups excluding carboxylic acids is 1. The normalized spacial score (nSPS) is 17.9. The Morgan fingerprint density at radius 1 is 1.10 bits per heavy atom. The minimum absolute atomic E-state index is 0.234. The summed E-state index contributed by atoms with van der Waals surface area (Å²) in [4.78, 5) is 12.3. The first-order chi connectivity index (χ1) is 10.1. The van der Waals surface area contributed by atoms with Gasteiger partial charge in [-0.15, -0.1) is 0 Å². The van der Waals surface area contributed by atoms with E-state index in [2.05, 4.69) is 0 Å². The van der Waals surface area contributed by atoms with Crippen LogP contribution in [-0.2, 0) is 6.42 Å². The van der Waals surface area contributed by atoms with E-state index in [-0.39, 0.29) is 5.78 Å². The summed E-state index contributed by atoms with van der Waals surface area (Å²) in [7, 11) is 0. The minimum atomic E-state index is 0.234. The number of aromatic nitrogens is 2. The van der Waals surface area contributed by atoms with Gasteiger partial charge in [0, 0.05) is 22.4 Å². The van der Waals surface area contributed by atoms with Gasteiger partial charge in [0.2, 0.25) is 0 Å². The zero-order valence-corrected chi connectivity index (χ0v) is 12.9. The number of carbonyl (C=O) groups is 1. The van der Waals surface area contributed by atoms with Crippen molar-refractivity contribution in [2.45, 2.75) is 38.0 Å². The quantitative estimate of drug-likeness (QED) is 0.812. The van der Waals surface area contributed by atoms with Crippen LogP contribution in [0.25, 0.3) is 5.69 Å². The molecular weight excluding hydrogens is 307 g/mol. The van der Waals surface area contributed by atoms with E-state index in [1.165, 1.54) is 0 Å². The first kappa shape index (κ1) is 13.4. The molecule has 0 unspecified atom stereocenters. The predicted molar refractivity (Wildman–Crippen MR) is 82.8 cm³/mol. The number of fused-ring (bicyclic) bond motifs is 1. The summed E-state index contributed by atoms with van der Waals surface area (Å²) in [5.41, 5.74) is 3.70. The molecule has 0 N–H and O–H groups in total. The molecule has 0 atom stereocenters. The van der Waals surface area contributed by atoms with Gasteiger partial charge in [-0.3, -0.25) is 4.79 Å². The zero-order chi connectivity index (χ0) is 14.6. The molecule has 1 heterocycles. The van der Waals surface area contributed by atoms with Gasteiger partial charge in [-0.2, -0.15) is 5.10 Å². The molecule has 5 heteroatoms. The second-order valence-electron chi connectivity index (χ2n) is 5.80. The summed E-state index contributed by atoms with van der Waals surface area (Å²) in [6.45, 7) is 0. The third-order valence-electron chi connectivity index (χ3n) is 4.16. The van der Waals surface area contributed by atoms with Crippen LogP contribution >= 0.6 is 23.2 Å². The predicted octanol–water partition coefficient (Wildman–Crippen LogP) is 4.58. The Kier molecular flexibility index (Phi) is 3.09. The van der Waals surface area contributed by atoms with E-state index in [1.807, 2.05) is 16.8 Å². The van der Waals surface area contributed by atoms with E-state index in [0.717, 1.165) is 48.3 Å². The third kappa shape index (κ3) is 2.29. The first-order valence-electron chi connectivity index (χ1n) is 7.25. The highest BCUT2D eigenvalue weighted by molar-refractivity contribution is 6.34. The highest BCUT2D eigenvalue weighted by Crippen LogP contribution is 2.43. The molecule has 0 amide bonds. The summed E-state index contributed by atoms with van der Waals surface area (Å²) in [5, 5.41) is 5.90. The van der Waals surface area contributed by atoms with Gasteiger partial charge in [0.1, 0.15) is 0 Å². The number of benzene rings is 1. The van der Waals surface area contributed by atoms with E-state index >= 15 is 0 Å². The van der Waals surface area contributed by atoms with Crippen LogP contribution in [0.3, 0.4) is 0 Å². The van der Waals surface area contributed by atoms with Crippen molar-refractivity contribution in [1.29, 1.82) is 0 Å². The van der Waals surface area contributed by atoms with Gasteiger partial charge >= 0.3 is 0 Å². The highest BCUT2D eigenvalue weighted by Gasteiger charge is 2.35. The fourth-order valence-electron chi connectivity index (χ4n) is 3.07. The molecular formula is C16H14Cl2N2O. The number of rotatable bonds is 2. The minimum Gasteiger partial charge on any atom is -0.294 e. The van der Waals surface area contributed by atoms with Crippen molar-refractivity contribution in [2.75, 3.05) is 0 Å². The molecule has 108 valence electrons. The van der Waals surface area contributed by atoms with Crippen LogP contribution in [0.5, 0.6) is 0 Å². The third-order valence-corrected chi connectivity index (χ3v) is 4.60. The molecule has 0 bridgehead atoms. The molecule has 1 aromatic heterocycles. The average Bonchev–Trinajstić information content (AvgIpc) is 3.19. The molecule has 1 saturated carbocycles. The van der Waals surface area contributed by atoms with Gasteiger partial charge in [0.25, 0.3) is 0 Å². The lowest BCUT2D eigenvalue weighted by Gasteiger charge is -2.14. The largest absolute Gasteiger partial charge is 0.294 e. The molecule has 0 aliphatic heterocycles. The van der Waals surface area contributed by atoms with Crippen molar-refractivity contribution in [3.63, 3.8) is 0 Å². The Hall–Kier alpha value is -1.32. The molecule has 0 radical (unpaired) electrons. The maximum Gasteiger partial charge on any atom is 0.166 e. The van der Waals surface area contributed by atoms with Crippen molar-refractivity contribution in [1.82, 2.24) is 9.78 Å². The molecule has 1 aromatic carbocycles. The Morgan fingerprint density at radius 3 is 2.48 bits per heavy atom. The monoisotopic (exact) mass is 320 g/mol. The van der Waals surface area contributed by atoms with Crippen LogP contribution in [0.1, 0.15) is 53.3 Å². The van der Waals surface area contributed by atoms with E-state index in [4.69, 9.17) is 28.3 Å². The Labute approximate surface area is 132 Å². The lowest BCUT2D eigenvalue weighted by Crippen LogP contribution is -2.13. The molecule has 2 aromatic rings. The number of ketones is 1. The molecule has 0 spiro atoms. The van der Waals surface area contributed by atoms with Gasteiger partial charge in [-0.05, 0) is 43.9 Å². The van der Waals surface area contributed by atoms with Crippen molar-refractivity contribution in [3.8, 4) is 5.69 Å². The highest BCUT2D eigenvalue weighted by atomic mass is 35.5. The van der Waals surface area contributed by atoms with Crippen molar-refractivity contribution in [3.05, 3.63) is 45.2 Å². The van der Waals surface area contributed by atoms with E-state index in [1.54, 1.807) is 6.07 Å². The average molecular weight is 321 g/mol. The van der Waals surface area contributed by atoms with Crippen LogP contribution in [0.4, 0.5) is 0 Å². The first-order valence-corrected chi connectivity index (χ1v) is 8.00. The van der Waals surface area contributed by atoms with Crippen LogP contribution in [0, 0.1) is 0 Å². The SMILES string of the molecule is O=C1CCCc2c1c(C1CC1)nn2-c1cc(Cl)cc(Cl)c1.